The average Bonchev–Trinajstić information content (AvgIpc) is 2.34. The molecule has 3 nitrogen and oxygen atoms in total. The zero-order valence-corrected chi connectivity index (χ0v) is 11.9. The molecule has 1 aromatic carbocycles. The van der Waals surface area contributed by atoms with Crippen LogP contribution in [0.5, 0.6) is 0 Å². The third kappa shape index (κ3) is 5.08. The molecular weight excluding hydrogens is 240 g/mol. The standard InChI is InChI=1S/C16H20O3/c1-5-14(17)13(15(18)19-16(2,3)4)11-12-9-7-6-8-10-12/h6-11H,5H2,1-4H3. The van der Waals surface area contributed by atoms with Crippen molar-refractivity contribution >= 4 is 17.8 Å². The van der Waals surface area contributed by atoms with Crippen LogP contribution in [0.25, 0.3) is 6.08 Å². The summed E-state index contributed by atoms with van der Waals surface area (Å²) in [6.45, 7) is 7.07. The molecule has 0 amide bonds. The molecule has 0 radical (unpaired) electrons. The summed E-state index contributed by atoms with van der Waals surface area (Å²) in [6, 6.07) is 9.27. The summed E-state index contributed by atoms with van der Waals surface area (Å²) in [5, 5.41) is 0. The molecule has 0 aliphatic rings. The number of Topliss-reactive ketones (excluding diaryl/α,β-unsaturated/α-hetero) is 1. The van der Waals surface area contributed by atoms with Gasteiger partial charge in [-0.25, -0.2) is 4.79 Å². The van der Waals surface area contributed by atoms with Crippen LogP contribution in [0.3, 0.4) is 0 Å². The lowest BCUT2D eigenvalue weighted by Crippen LogP contribution is -2.27. The Hall–Kier alpha value is -1.90. The molecule has 3 heteroatoms. The second-order valence-electron chi connectivity index (χ2n) is 5.25. The van der Waals surface area contributed by atoms with Crippen molar-refractivity contribution < 1.29 is 14.3 Å². The zero-order chi connectivity index (χ0) is 14.5. The highest BCUT2D eigenvalue weighted by molar-refractivity contribution is 6.20. The summed E-state index contributed by atoms with van der Waals surface area (Å²) in [5.41, 5.74) is 0.301. The summed E-state index contributed by atoms with van der Waals surface area (Å²) < 4.78 is 5.27. The minimum atomic E-state index is -0.610. The van der Waals surface area contributed by atoms with E-state index in [1.54, 1.807) is 33.8 Å². The van der Waals surface area contributed by atoms with Gasteiger partial charge in [-0.15, -0.1) is 0 Å². The number of hydrogen-bond acceptors (Lipinski definition) is 3. The average molecular weight is 260 g/mol. The first-order valence-corrected chi connectivity index (χ1v) is 6.37. The van der Waals surface area contributed by atoms with E-state index in [1.807, 2.05) is 30.3 Å². The van der Waals surface area contributed by atoms with Gasteiger partial charge in [0, 0.05) is 6.42 Å². The minimum Gasteiger partial charge on any atom is -0.456 e. The molecule has 102 valence electrons. The van der Waals surface area contributed by atoms with Gasteiger partial charge >= 0.3 is 5.97 Å². The second-order valence-corrected chi connectivity index (χ2v) is 5.25. The number of hydrogen-bond donors (Lipinski definition) is 0. The van der Waals surface area contributed by atoms with E-state index in [-0.39, 0.29) is 17.8 Å². The fourth-order valence-electron chi connectivity index (χ4n) is 1.49. The van der Waals surface area contributed by atoms with Crippen molar-refractivity contribution in [3.8, 4) is 0 Å². The van der Waals surface area contributed by atoms with Crippen molar-refractivity contribution in [2.75, 3.05) is 0 Å². The van der Waals surface area contributed by atoms with Crippen molar-refractivity contribution in [3.63, 3.8) is 0 Å². The molecule has 0 aliphatic carbocycles. The predicted octanol–water partition coefficient (Wildman–Crippen LogP) is 3.39. The SMILES string of the molecule is CCC(=O)C(=Cc1ccccc1)C(=O)OC(C)(C)C. The fraction of sp³-hybridized carbons (Fsp3) is 0.375. The predicted molar refractivity (Wildman–Crippen MR) is 75.6 cm³/mol. The van der Waals surface area contributed by atoms with E-state index in [1.165, 1.54) is 0 Å². The molecule has 1 rings (SSSR count). The first kappa shape index (κ1) is 15.2. The summed E-state index contributed by atoms with van der Waals surface area (Å²) in [7, 11) is 0. The molecule has 0 spiro atoms. The van der Waals surface area contributed by atoms with E-state index in [4.69, 9.17) is 4.74 Å². The van der Waals surface area contributed by atoms with Gasteiger partial charge in [-0.05, 0) is 32.4 Å². The molecule has 0 saturated heterocycles. The molecule has 0 atom stereocenters. The molecule has 19 heavy (non-hydrogen) atoms. The van der Waals surface area contributed by atoms with Crippen LogP contribution in [0.15, 0.2) is 35.9 Å². The zero-order valence-electron chi connectivity index (χ0n) is 11.9. The Morgan fingerprint density at radius 2 is 1.74 bits per heavy atom. The van der Waals surface area contributed by atoms with Gasteiger partial charge in [0.1, 0.15) is 11.2 Å². The van der Waals surface area contributed by atoms with Crippen molar-refractivity contribution in [1.29, 1.82) is 0 Å². The molecule has 0 aliphatic heterocycles. The van der Waals surface area contributed by atoms with Gasteiger partial charge in [-0.1, -0.05) is 37.3 Å². The van der Waals surface area contributed by atoms with E-state index >= 15 is 0 Å². The maximum atomic E-state index is 12.1. The van der Waals surface area contributed by atoms with Gasteiger partial charge in [0.25, 0.3) is 0 Å². The third-order valence-corrected chi connectivity index (χ3v) is 2.35. The quantitative estimate of drug-likeness (QED) is 0.361. The number of carbonyl (C=O) groups is 2. The first-order valence-electron chi connectivity index (χ1n) is 6.37. The fourth-order valence-corrected chi connectivity index (χ4v) is 1.49. The van der Waals surface area contributed by atoms with Crippen LogP contribution in [0.2, 0.25) is 0 Å². The highest BCUT2D eigenvalue weighted by atomic mass is 16.6. The van der Waals surface area contributed by atoms with Crippen molar-refractivity contribution in [1.82, 2.24) is 0 Å². The van der Waals surface area contributed by atoms with Crippen LogP contribution in [0.4, 0.5) is 0 Å². The Kier molecular flexibility index (Phi) is 5.04. The second kappa shape index (κ2) is 6.32. The van der Waals surface area contributed by atoms with E-state index in [0.29, 0.717) is 0 Å². The normalized spacial score (nSPS) is 12.1. The minimum absolute atomic E-state index is 0.101. The van der Waals surface area contributed by atoms with Crippen LogP contribution in [-0.2, 0) is 14.3 Å². The van der Waals surface area contributed by atoms with Gasteiger partial charge < -0.3 is 4.74 Å². The molecule has 0 saturated carbocycles. The Bertz CT molecular complexity index is 478. The monoisotopic (exact) mass is 260 g/mol. The molecular formula is C16H20O3. The van der Waals surface area contributed by atoms with Crippen molar-refractivity contribution in [2.24, 2.45) is 0 Å². The molecule has 0 N–H and O–H groups in total. The largest absolute Gasteiger partial charge is 0.456 e. The van der Waals surface area contributed by atoms with Gasteiger partial charge in [0.05, 0.1) is 0 Å². The van der Waals surface area contributed by atoms with Gasteiger partial charge in [0.2, 0.25) is 0 Å². The highest BCUT2D eigenvalue weighted by Gasteiger charge is 2.23. The molecule has 0 unspecified atom stereocenters. The maximum absolute atomic E-state index is 12.1. The van der Waals surface area contributed by atoms with Crippen LogP contribution in [0.1, 0.15) is 39.7 Å². The van der Waals surface area contributed by atoms with Crippen LogP contribution in [0, 0.1) is 0 Å². The van der Waals surface area contributed by atoms with Crippen LogP contribution in [-0.4, -0.2) is 17.4 Å². The number of carbonyl (C=O) groups excluding carboxylic acids is 2. The summed E-state index contributed by atoms with van der Waals surface area (Å²) >= 11 is 0. The van der Waals surface area contributed by atoms with E-state index < -0.39 is 11.6 Å². The Morgan fingerprint density at radius 3 is 2.21 bits per heavy atom. The van der Waals surface area contributed by atoms with E-state index in [0.717, 1.165) is 5.56 Å². The Balaban J connectivity index is 3.06. The number of benzene rings is 1. The lowest BCUT2D eigenvalue weighted by atomic mass is 10.0. The smallest absolute Gasteiger partial charge is 0.342 e. The van der Waals surface area contributed by atoms with E-state index in [2.05, 4.69) is 0 Å². The highest BCUT2D eigenvalue weighted by Crippen LogP contribution is 2.15. The molecule has 0 fully saturated rings. The summed E-state index contributed by atoms with van der Waals surface area (Å²) in [5.74, 6) is -0.777. The first-order chi connectivity index (χ1) is 8.83. The van der Waals surface area contributed by atoms with Crippen LogP contribution < -0.4 is 0 Å². The lowest BCUT2D eigenvalue weighted by molar-refractivity contribution is -0.150. The lowest BCUT2D eigenvalue weighted by Gasteiger charge is -2.20. The number of ether oxygens (including phenoxy) is 1. The Labute approximate surface area is 114 Å². The number of esters is 1. The van der Waals surface area contributed by atoms with Crippen molar-refractivity contribution in [3.05, 3.63) is 41.5 Å². The number of rotatable bonds is 4. The maximum Gasteiger partial charge on any atom is 0.342 e. The van der Waals surface area contributed by atoms with Crippen molar-refractivity contribution in [2.45, 2.75) is 39.7 Å². The van der Waals surface area contributed by atoms with Gasteiger partial charge in [0.15, 0.2) is 5.78 Å². The molecule has 0 aromatic heterocycles. The summed E-state index contributed by atoms with van der Waals surface area (Å²) in [6.07, 6.45) is 1.86. The molecule has 0 bridgehead atoms. The Morgan fingerprint density at radius 1 is 1.16 bits per heavy atom. The number of ketones is 1. The van der Waals surface area contributed by atoms with Crippen LogP contribution >= 0.6 is 0 Å². The van der Waals surface area contributed by atoms with E-state index in [9.17, 15) is 9.59 Å². The molecule has 1 aromatic rings. The summed E-state index contributed by atoms with van der Waals surface area (Å²) in [4.78, 5) is 23.9. The third-order valence-electron chi connectivity index (χ3n) is 2.35. The van der Waals surface area contributed by atoms with Gasteiger partial charge in [-0.2, -0.15) is 0 Å². The molecule has 0 heterocycles. The van der Waals surface area contributed by atoms with Gasteiger partial charge in [-0.3, -0.25) is 4.79 Å². The topological polar surface area (TPSA) is 43.4 Å².